The van der Waals surface area contributed by atoms with Crippen molar-refractivity contribution in [3.63, 3.8) is 0 Å². The van der Waals surface area contributed by atoms with Crippen molar-refractivity contribution in [3.8, 4) is 0 Å². The van der Waals surface area contributed by atoms with E-state index in [9.17, 15) is 4.79 Å². The largest absolute Gasteiger partial charge is 0.381 e. The van der Waals surface area contributed by atoms with E-state index in [0.29, 0.717) is 19.1 Å². The average Bonchev–Trinajstić information content (AvgIpc) is 3.00. The lowest BCUT2D eigenvalue weighted by Crippen LogP contribution is -2.53. The maximum Gasteiger partial charge on any atom is 0.261 e. The molecule has 19 heavy (non-hydrogen) atoms. The lowest BCUT2D eigenvalue weighted by atomic mass is 9.92. The second-order valence-corrected chi connectivity index (χ2v) is 7.04. The van der Waals surface area contributed by atoms with Crippen LogP contribution in [0.4, 0.5) is 0 Å². The summed E-state index contributed by atoms with van der Waals surface area (Å²) in [6, 6.07) is 4.01. The Morgan fingerprint density at radius 2 is 2.21 bits per heavy atom. The van der Waals surface area contributed by atoms with E-state index in [1.165, 1.54) is 20.7 Å². The minimum Gasteiger partial charge on any atom is -0.381 e. The van der Waals surface area contributed by atoms with Crippen LogP contribution in [0.3, 0.4) is 0 Å². The van der Waals surface area contributed by atoms with Gasteiger partial charge in [-0.05, 0) is 30.4 Å². The Morgan fingerprint density at radius 3 is 2.89 bits per heavy atom. The number of carbonyl (C=O) groups is 1. The van der Waals surface area contributed by atoms with Crippen LogP contribution in [0.2, 0.25) is 0 Å². The molecule has 0 saturated carbocycles. The number of hydrogen-bond donors (Lipinski definition) is 1. The summed E-state index contributed by atoms with van der Waals surface area (Å²) in [6.07, 6.45) is 1.56. The fraction of sp³-hybridized carbons (Fsp3) is 0.462. The van der Waals surface area contributed by atoms with E-state index in [2.05, 4.69) is 5.32 Å². The number of halogens is 1. The molecular formula is C13H14ClNO2S2. The molecule has 0 aliphatic carbocycles. The molecule has 0 bridgehead atoms. The quantitative estimate of drug-likeness (QED) is 0.881. The van der Waals surface area contributed by atoms with Crippen molar-refractivity contribution in [1.29, 1.82) is 0 Å². The molecule has 2 aromatic rings. The van der Waals surface area contributed by atoms with Gasteiger partial charge in [0.2, 0.25) is 0 Å². The molecule has 1 fully saturated rings. The Kier molecular flexibility index (Phi) is 3.80. The minimum atomic E-state index is -0.311. The van der Waals surface area contributed by atoms with Crippen molar-refractivity contribution >= 4 is 49.6 Å². The predicted octanol–water partition coefficient (Wildman–Crippen LogP) is 3.48. The van der Waals surface area contributed by atoms with E-state index >= 15 is 0 Å². The van der Waals surface area contributed by atoms with E-state index in [0.717, 1.165) is 17.7 Å². The highest BCUT2D eigenvalue weighted by Gasteiger charge is 2.33. The third-order valence-corrected chi connectivity index (χ3v) is 6.05. The number of carbonyl (C=O) groups excluding carboxylic acids is 1. The SMILES string of the molecule is O=C(NC1(CCl)CCOCC1)c1cc2sccc2s1. The second-order valence-electron chi connectivity index (χ2n) is 4.74. The maximum absolute atomic E-state index is 12.3. The number of rotatable bonds is 3. The molecule has 102 valence electrons. The Balaban J connectivity index is 1.78. The third kappa shape index (κ3) is 2.65. The Labute approximate surface area is 124 Å². The van der Waals surface area contributed by atoms with Crippen LogP contribution < -0.4 is 5.32 Å². The molecule has 1 N–H and O–H groups in total. The third-order valence-electron chi connectivity index (χ3n) is 3.45. The smallest absolute Gasteiger partial charge is 0.261 e. The van der Waals surface area contributed by atoms with Gasteiger partial charge in [-0.25, -0.2) is 0 Å². The first-order chi connectivity index (χ1) is 9.22. The fourth-order valence-corrected chi connectivity index (χ4v) is 4.57. The van der Waals surface area contributed by atoms with Crippen LogP contribution in [0, 0.1) is 0 Å². The Hall–Kier alpha value is -0.620. The molecule has 6 heteroatoms. The van der Waals surface area contributed by atoms with Gasteiger partial charge in [-0.1, -0.05) is 0 Å². The normalized spacial score (nSPS) is 18.6. The van der Waals surface area contributed by atoms with Gasteiger partial charge >= 0.3 is 0 Å². The maximum atomic E-state index is 12.3. The van der Waals surface area contributed by atoms with Crippen LogP contribution in [0.25, 0.3) is 9.40 Å². The summed E-state index contributed by atoms with van der Waals surface area (Å²) in [5, 5.41) is 5.16. The average molecular weight is 316 g/mol. The first kappa shape index (κ1) is 13.4. The van der Waals surface area contributed by atoms with Gasteiger partial charge in [0, 0.05) is 28.5 Å². The summed E-state index contributed by atoms with van der Waals surface area (Å²) in [4.78, 5) is 13.1. The first-order valence-corrected chi connectivity index (χ1v) is 8.39. The van der Waals surface area contributed by atoms with E-state index in [1.54, 1.807) is 11.3 Å². The molecule has 3 rings (SSSR count). The van der Waals surface area contributed by atoms with E-state index in [1.807, 2.05) is 17.5 Å². The summed E-state index contributed by atoms with van der Waals surface area (Å²) in [5.74, 6) is 0.415. The van der Waals surface area contributed by atoms with Gasteiger partial charge < -0.3 is 10.1 Å². The van der Waals surface area contributed by atoms with Crippen molar-refractivity contribution < 1.29 is 9.53 Å². The molecule has 1 aliphatic rings. The molecule has 0 aromatic carbocycles. The van der Waals surface area contributed by atoms with E-state index in [4.69, 9.17) is 16.3 Å². The highest BCUT2D eigenvalue weighted by atomic mass is 35.5. The van der Waals surface area contributed by atoms with Crippen LogP contribution in [-0.2, 0) is 4.74 Å². The van der Waals surface area contributed by atoms with Crippen molar-refractivity contribution in [2.24, 2.45) is 0 Å². The number of fused-ring (bicyclic) bond motifs is 1. The molecule has 0 spiro atoms. The zero-order valence-electron chi connectivity index (χ0n) is 10.3. The molecule has 3 nitrogen and oxygen atoms in total. The van der Waals surface area contributed by atoms with Gasteiger partial charge in [-0.3, -0.25) is 4.79 Å². The van der Waals surface area contributed by atoms with Gasteiger partial charge in [0.15, 0.2) is 0 Å². The van der Waals surface area contributed by atoms with Crippen molar-refractivity contribution in [2.75, 3.05) is 19.1 Å². The number of ether oxygens (including phenoxy) is 1. The number of thiophene rings is 2. The molecule has 3 heterocycles. The van der Waals surface area contributed by atoms with Gasteiger partial charge in [-0.15, -0.1) is 34.3 Å². The van der Waals surface area contributed by atoms with Crippen LogP contribution in [0.1, 0.15) is 22.5 Å². The predicted molar refractivity (Wildman–Crippen MR) is 80.7 cm³/mol. The molecule has 2 aromatic heterocycles. The number of hydrogen-bond acceptors (Lipinski definition) is 4. The lowest BCUT2D eigenvalue weighted by molar-refractivity contribution is 0.0435. The summed E-state index contributed by atoms with van der Waals surface area (Å²) >= 11 is 9.26. The van der Waals surface area contributed by atoms with Gasteiger partial charge in [-0.2, -0.15) is 0 Å². The van der Waals surface area contributed by atoms with Gasteiger partial charge in [0.1, 0.15) is 0 Å². The summed E-state index contributed by atoms with van der Waals surface area (Å²) in [5.41, 5.74) is -0.311. The summed E-state index contributed by atoms with van der Waals surface area (Å²) < 4.78 is 7.68. The van der Waals surface area contributed by atoms with E-state index < -0.39 is 0 Å². The number of alkyl halides is 1. The first-order valence-electron chi connectivity index (χ1n) is 6.16. The summed E-state index contributed by atoms with van der Waals surface area (Å²) in [6.45, 7) is 1.32. The zero-order chi connectivity index (χ0) is 13.3. The topological polar surface area (TPSA) is 38.3 Å². The highest BCUT2D eigenvalue weighted by molar-refractivity contribution is 7.27. The minimum absolute atomic E-state index is 0.0176. The molecule has 0 atom stereocenters. The Bertz CT molecular complexity index is 558. The summed E-state index contributed by atoms with van der Waals surface area (Å²) in [7, 11) is 0. The standard InChI is InChI=1S/C13H14ClNO2S2/c14-8-13(2-4-17-5-3-13)15-12(16)11-7-10-9(19-11)1-6-18-10/h1,6-7H,2-5,8H2,(H,15,16). The van der Waals surface area contributed by atoms with Crippen molar-refractivity contribution in [2.45, 2.75) is 18.4 Å². The number of nitrogens with one attached hydrogen (secondary N) is 1. The molecule has 0 radical (unpaired) electrons. The molecule has 1 aliphatic heterocycles. The molecule has 1 saturated heterocycles. The second kappa shape index (κ2) is 5.40. The van der Waals surface area contributed by atoms with Gasteiger partial charge in [0.25, 0.3) is 5.91 Å². The highest BCUT2D eigenvalue weighted by Crippen LogP contribution is 2.31. The van der Waals surface area contributed by atoms with Crippen molar-refractivity contribution in [3.05, 3.63) is 22.4 Å². The monoisotopic (exact) mass is 315 g/mol. The van der Waals surface area contributed by atoms with Crippen LogP contribution >= 0.6 is 34.3 Å². The number of amides is 1. The molecule has 1 amide bonds. The Morgan fingerprint density at radius 1 is 1.42 bits per heavy atom. The molecular weight excluding hydrogens is 302 g/mol. The van der Waals surface area contributed by atoms with Crippen LogP contribution in [-0.4, -0.2) is 30.5 Å². The zero-order valence-corrected chi connectivity index (χ0v) is 12.7. The van der Waals surface area contributed by atoms with Crippen LogP contribution in [0.5, 0.6) is 0 Å². The van der Waals surface area contributed by atoms with Crippen LogP contribution in [0.15, 0.2) is 17.5 Å². The van der Waals surface area contributed by atoms with E-state index in [-0.39, 0.29) is 11.4 Å². The lowest BCUT2D eigenvalue weighted by Gasteiger charge is -2.36. The fourth-order valence-electron chi connectivity index (χ4n) is 2.23. The van der Waals surface area contributed by atoms with Crippen molar-refractivity contribution in [1.82, 2.24) is 5.32 Å². The van der Waals surface area contributed by atoms with Gasteiger partial charge in [0.05, 0.1) is 10.4 Å². The molecule has 0 unspecified atom stereocenters.